The van der Waals surface area contributed by atoms with E-state index in [9.17, 15) is 9.59 Å². The second-order valence-corrected chi connectivity index (χ2v) is 6.42. The zero-order chi connectivity index (χ0) is 20.4. The maximum absolute atomic E-state index is 12.4. The predicted molar refractivity (Wildman–Crippen MR) is 106 cm³/mol. The summed E-state index contributed by atoms with van der Waals surface area (Å²) in [5.41, 5.74) is 1.40. The number of hydrogen-bond acceptors (Lipinski definition) is 6. The molecule has 9 nitrogen and oxygen atoms in total. The molecule has 2 heterocycles. The Morgan fingerprint density at radius 1 is 1.07 bits per heavy atom. The lowest BCUT2D eigenvalue weighted by Gasteiger charge is -2.10. The van der Waals surface area contributed by atoms with Crippen LogP contribution in [0.15, 0.2) is 48.5 Å². The summed E-state index contributed by atoms with van der Waals surface area (Å²) in [6.45, 7) is 0. The van der Waals surface area contributed by atoms with E-state index in [0.717, 1.165) is 11.3 Å². The van der Waals surface area contributed by atoms with Crippen LogP contribution in [0.3, 0.4) is 0 Å². The van der Waals surface area contributed by atoms with Crippen molar-refractivity contribution in [1.29, 1.82) is 0 Å². The molecular formula is C20H19N5O4. The van der Waals surface area contributed by atoms with Crippen molar-refractivity contribution in [3.63, 3.8) is 0 Å². The van der Waals surface area contributed by atoms with Gasteiger partial charge in [-0.15, -0.1) is 5.10 Å². The lowest BCUT2D eigenvalue weighted by Crippen LogP contribution is -2.23. The SMILES string of the molecule is COc1ccc(NC(=O)C[C@H]2C(=O)Nc3nc(-c4ccc(OC)cc4)nn32)cc1. The summed E-state index contributed by atoms with van der Waals surface area (Å²) < 4.78 is 11.7. The molecule has 1 atom stereocenters. The molecule has 0 aliphatic carbocycles. The van der Waals surface area contributed by atoms with Crippen LogP contribution >= 0.6 is 0 Å². The molecule has 0 spiro atoms. The molecule has 1 aliphatic heterocycles. The molecule has 9 heteroatoms. The Morgan fingerprint density at radius 2 is 1.69 bits per heavy atom. The lowest BCUT2D eigenvalue weighted by molar-refractivity contribution is -0.123. The van der Waals surface area contributed by atoms with E-state index < -0.39 is 6.04 Å². The van der Waals surface area contributed by atoms with Crippen molar-refractivity contribution < 1.29 is 19.1 Å². The van der Waals surface area contributed by atoms with Gasteiger partial charge < -0.3 is 14.8 Å². The third-order valence-corrected chi connectivity index (χ3v) is 4.56. The van der Waals surface area contributed by atoms with Crippen molar-refractivity contribution in [2.24, 2.45) is 0 Å². The van der Waals surface area contributed by atoms with E-state index in [2.05, 4.69) is 20.7 Å². The molecule has 0 saturated heterocycles. The minimum atomic E-state index is -0.761. The van der Waals surface area contributed by atoms with Crippen molar-refractivity contribution in [3.8, 4) is 22.9 Å². The van der Waals surface area contributed by atoms with Gasteiger partial charge in [-0.2, -0.15) is 4.98 Å². The Hall–Kier alpha value is -3.88. The average Bonchev–Trinajstić information content (AvgIpc) is 3.27. The van der Waals surface area contributed by atoms with Gasteiger partial charge in [0.2, 0.25) is 11.9 Å². The molecule has 0 unspecified atom stereocenters. The number of nitrogens with zero attached hydrogens (tertiary/aromatic N) is 3. The summed E-state index contributed by atoms with van der Waals surface area (Å²) in [7, 11) is 3.16. The van der Waals surface area contributed by atoms with Crippen LogP contribution in [0, 0.1) is 0 Å². The highest BCUT2D eigenvalue weighted by molar-refractivity contribution is 6.01. The van der Waals surface area contributed by atoms with Gasteiger partial charge in [0.1, 0.15) is 17.5 Å². The highest BCUT2D eigenvalue weighted by atomic mass is 16.5. The standard InChI is InChI=1S/C20H19N5O4/c1-28-14-7-3-12(4-8-14)18-22-20-23-19(27)16(25(20)24-18)11-17(26)21-13-5-9-15(29-2)10-6-13/h3-10,16H,11H2,1-2H3,(H,21,26)(H,22,23,24,27)/t16-/m0/s1. The van der Waals surface area contributed by atoms with Crippen molar-refractivity contribution in [2.45, 2.75) is 12.5 Å². The van der Waals surface area contributed by atoms with E-state index in [4.69, 9.17) is 9.47 Å². The van der Waals surface area contributed by atoms with E-state index in [1.54, 1.807) is 50.6 Å². The van der Waals surface area contributed by atoms with E-state index >= 15 is 0 Å². The Kier molecular flexibility index (Phi) is 4.86. The smallest absolute Gasteiger partial charge is 0.252 e. The number of aromatic nitrogens is 3. The van der Waals surface area contributed by atoms with Gasteiger partial charge >= 0.3 is 0 Å². The van der Waals surface area contributed by atoms with Gasteiger partial charge in [-0.1, -0.05) is 0 Å². The number of benzene rings is 2. The molecule has 0 bridgehead atoms. The maximum Gasteiger partial charge on any atom is 0.252 e. The Labute approximate surface area is 166 Å². The first-order chi connectivity index (χ1) is 14.1. The molecule has 0 saturated carbocycles. The van der Waals surface area contributed by atoms with Crippen molar-refractivity contribution in [3.05, 3.63) is 48.5 Å². The van der Waals surface area contributed by atoms with Crippen LogP contribution in [0.1, 0.15) is 12.5 Å². The van der Waals surface area contributed by atoms with Crippen molar-refractivity contribution in [1.82, 2.24) is 14.8 Å². The molecule has 1 aromatic heterocycles. The topological polar surface area (TPSA) is 107 Å². The maximum atomic E-state index is 12.4. The molecule has 0 radical (unpaired) electrons. The molecule has 2 N–H and O–H groups in total. The van der Waals surface area contributed by atoms with Crippen LogP contribution in [-0.4, -0.2) is 40.8 Å². The van der Waals surface area contributed by atoms with Crippen LogP contribution in [0.4, 0.5) is 11.6 Å². The number of amides is 2. The fourth-order valence-corrected chi connectivity index (χ4v) is 3.03. The predicted octanol–water partition coefficient (Wildman–Crippen LogP) is 2.48. The van der Waals surface area contributed by atoms with Gasteiger partial charge in [-0.3, -0.25) is 14.9 Å². The zero-order valence-electron chi connectivity index (χ0n) is 15.9. The van der Waals surface area contributed by atoms with E-state index in [-0.39, 0.29) is 18.2 Å². The molecule has 2 aromatic carbocycles. The van der Waals surface area contributed by atoms with Gasteiger partial charge in [0.25, 0.3) is 5.91 Å². The molecule has 0 fully saturated rings. The highest BCUT2D eigenvalue weighted by Gasteiger charge is 2.35. The number of ether oxygens (including phenoxy) is 2. The summed E-state index contributed by atoms with van der Waals surface area (Å²) >= 11 is 0. The number of carbonyl (C=O) groups excluding carboxylic acids is 2. The minimum absolute atomic E-state index is 0.0593. The summed E-state index contributed by atoms with van der Waals surface area (Å²) in [6.07, 6.45) is -0.0593. The quantitative estimate of drug-likeness (QED) is 0.666. The lowest BCUT2D eigenvalue weighted by atomic mass is 10.2. The number of fused-ring (bicyclic) bond motifs is 1. The first-order valence-electron chi connectivity index (χ1n) is 8.93. The number of anilines is 2. The Morgan fingerprint density at radius 3 is 2.31 bits per heavy atom. The van der Waals surface area contributed by atoms with Crippen LogP contribution in [-0.2, 0) is 9.59 Å². The molecule has 148 valence electrons. The fraction of sp³-hybridized carbons (Fsp3) is 0.200. The third kappa shape index (κ3) is 3.75. The van der Waals surface area contributed by atoms with Gasteiger partial charge in [0.05, 0.1) is 20.6 Å². The van der Waals surface area contributed by atoms with Gasteiger partial charge in [-0.25, -0.2) is 4.68 Å². The van der Waals surface area contributed by atoms with Crippen LogP contribution in [0.2, 0.25) is 0 Å². The van der Waals surface area contributed by atoms with Gasteiger partial charge in [0, 0.05) is 11.3 Å². The Bertz CT molecular complexity index is 1040. The number of carbonyl (C=O) groups is 2. The molecule has 2 amide bonds. The van der Waals surface area contributed by atoms with Gasteiger partial charge in [0.15, 0.2) is 5.82 Å². The minimum Gasteiger partial charge on any atom is -0.497 e. The summed E-state index contributed by atoms with van der Waals surface area (Å²) in [6, 6.07) is 13.5. The fourth-order valence-electron chi connectivity index (χ4n) is 3.03. The number of methoxy groups -OCH3 is 2. The summed E-state index contributed by atoms with van der Waals surface area (Å²) in [5.74, 6) is 1.58. The summed E-state index contributed by atoms with van der Waals surface area (Å²) in [5, 5.41) is 9.86. The molecule has 29 heavy (non-hydrogen) atoms. The first kappa shape index (κ1) is 18.5. The number of nitrogens with one attached hydrogen (secondary N) is 2. The van der Waals surface area contributed by atoms with E-state index in [1.165, 1.54) is 4.68 Å². The van der Waals surface area contributed by atoms with Crippen LogP contribution in [0.5, 0.6) is 11.5 Å². The zero-order valence-corrected chi connectivity index (χ0v) is 15.9. The van der Waals surface area contributed by atoms with Crippen LogP contribution in [0.25, 0.3) is 11.4 Å². The molecule has 3 aromatic rings. The third-order valence-electron chi connectivity index (χ3n) is 4.56. The van der Waals surface area contributed by atoms with E-state index in [1.807, 2.05) is 12.1 Å². The number of rotatable bonds is 6. The number of hydrogen-bond donors (Lipinski definition) is 2. The second-order valence-electron chi connectivity index (χ2n) is 6.42. The molecular weight excluding hydrogens is 374 g/mol. The van der Waals surface area contributed by atoms with Crippen molar-refractivity contribution in [2.75, 3.05) is 24.9 Å². The monoisotopic (exact) mass is 393 g/mol. The summed E-state index contributed by atoms with van der Waals surface area (Å²) in [4.78, 5) is 29.1. The Balaban J connectivity index is 1.48. The normalized spacial score (nSPS) is 14.8. The van der Waals surface area contributed by atoms with Crippen LogP contribution < -0.4 is 20.1 Å². The second kappa shape index (κ2) is 7.63. The van der Waals surface area contributed by atoms with E-state index in [0.29, 0.717) is 23.2 Å². The van der Waals surface area contributed by atoms with Crippen molar-refractivity contribution >= 4 is 23.5 Å². The van der Waals surface area contributed by atoms with Gasteiger partial charge in [-0.05, 0) is 48.5 Å². The highest BCUT2D eigenvalue weighted by Crippen LogP contribution is 2.29. The molecule has 4 rings (SSSR count). The molecule has 1 aliphatic rings. The first-order valence-corrected chi connectivity index (χ1v) is 8.93. The largest absolute Gasteiger partial charge is 0.497 e. The average molecular weight is 393 g/mol.